The van der Waals surface area contributed by atoms with Crippen molar-refractivity contribution in [3.8, 4) is 0 Å². The molecule has 1 aliphatic carbocycles. The average molecular weight is 226 g/mol. The topological polar surface area (TPSA) is 20.2 Å². The Hall–Kier alpha value is -1.34. The number of aliphatic hydroxyl groups is 1. The first-order chi connectivity index (χ1) is 8.16. The summed E-state index contributed by atoms with van der Waals surface area (Å²) < 4.78 is 0. The van der Waals surface area contributed by atoms with Gasteiger partial charge in [0.1, 0.15) is 0 Å². The Labute approximate surface area is 102 Å². The highest BCUT2D eigenvalue weighted by molar-refractivity contribution is 5.86. The summed E-state index contributed by atoms with van der Waals surface area (Å²) >= 11 is 0. The lowest BCUT2D eigenvalue weighted by Gasteiger charge is -2.07. The van der Waals surface area contributed by atoms with Crippen molar-refractivity contribution in [2.45, 2.75) is 19.8 Å². The van der Waals surface area contributed by atoms with Gasteiger partial charge in [0, 0.05) is 6.61 Å². The van der Waals surface area contributed by atoms with Gasteiger partial charge in [-0.1, -0.05) is 56.3 Å². The lowest BCUT2D eigenvalue weighted by atomic mass is 9.97. The van der Waals surface area contributed by atoms with Crippen molar-refractivity contribution < 1.29 is 5.11 Å². The molecule has 2 atom stereocenters. The summed E-state index contributed by atoms with van der Waals surface area (Å²) in [6.45, 7) is 4.79. The van der Waals surface area contributed by atoms with Crippen LogP contribution in [0.2, 0.25) is 0 Å². The van der Waals surface area contributed by atoms with E-state index < -0.39 is 0 Å². The van der Waals surface area contributed by atoms with Gasteiger partial charge in [-0.3, -0.25) is 0 Å². The molecule has 0 heterocycles. The molecule has 0 amide bonds. The van der Waals surface area contributed by atoms with E-state index in [1.807, 2.05) is 0 Å². The Morgan fingerprint density at radius 3 is 2.47 bits per heavy atom. The second-order valence-corrected chi connectivity index (χ2v) is 5.66. The summed E-state index contributed by atoms with van der Waals surface area (Å²) in [5, 5.41) is 12.1. The third kappa shape index (κ3) is 1.49. The highest BCUT2D eigenvalue weighted by Gasteiger charge is 2.57. The maximum Gasteiger partial charge on any atom is 0.0470 e. The first kappa shape index (κ1) is 10.8. The zero-order valence-corrected chi connectivity index (χ0v) is 10.4. The summed E-state index contributed by atoms with van der Waals surface area (Å²) in [5.41, 5.74) is 1.63. The summed E-state index contributed by atoms with van der Waals surface area (Å²) in [5.74, 6) is 0.909. The van der Waals surface area contributed by atoms with E-state index >= 15 is 0 Å². The van der Waals surface area contributed by atoms with E-state index in [4.69, 9.17) is 0 Å². The van der Waals surface area contributed by atoms with Crippen LogP contribution < -0.4 is 0 Å². The van der Waals surface area contributed by atoms with Gasteiger partial charge < -0.3 is 5.11 Å². The minimum Gasteiger partial charge on any atom is -0.396 e. The summed E-state index contributed by atoms with van der Waals surface area (Å²) in [7, 11) is 0. The van der Waals surface area contributed by atoms with Crippen LogP contribution >= 0.6 is 0 Å². The molecule has 0 aliphatic heterocycles. The first-order valence-corrected chi connectivity index (χ1v) is 6.25. The molecule has 0 saturated heterocycles. The second kappa shape index (κ2) is 3.58. The van der Waals surface area contributed by atoms with Crippen LogP contribution in [-0.2, 0) is 0 Å². The van der Waals surface area contributed by atoms with Crippen molar-refractivity contribution in [2.75, 3.05) is 6.61 Å². The van der Waals surface area contributed by atoms with Gasteiger partial charge >= 0.3 is 0 Å². The zero-order chi connectivity index (χ0) is 12.0. The SMILES string of the molecule is CC1(C)C(CO)C1c1cccc2ccccc12. The Morgan fingerprint density at radius 2 is 1.76 bits per heavy atom. The predicted octanol–water partition coefficient (Wildman–Crippen LogP) is 3.57. The van der Waals surface area contributed by atoms with Gasteiger partial charge in [-0.15, -0.1) is 0 Å². The molecule has 2 aromatic rings. The highest BCUT2D eigenvalue weighted by atomic mass is 16.3. The molecule has 1 N–H and O–H groups in total. The van der Waals surface area contributed by atoms with Gasteiger partial charge in [0.2, 0.25) is 0 Å². The quantitative estimate of drug-likeness (QED) is 0.830. The van der Waals surface area contributed by atoms with Crippen molar-refractivity contribution in [1.82, 2.24) is 0 Å². The number of hydrogen-bond acceptors (Lipinski definition) is 1. The molecule has 3 rings (SSSR count). The molecule has 1 fully saturated rings. The van der Waals surface area contributed by atoms with Crippen molar-refractivity contribution in [1.29, 1.82) is 0 Å². The molecule has 0 spiro atoms. The molecule has 0 bridgehead atoms. The Bertz CT molecular complexity index is 551. The van der Waals surface area contributed by atoms with Crippen molar-refractivity contribution in [3.05, 3.63) is 48.0 Å². The fourth-order valence-corrected chi connectivity index (χ4v) is 3.22. The molecule has 1 nitrogen and oxygen atoms in total. The summed E-state index contributed by atoms with van der Waals surface area (Å²) in [6.07, 6.45) is 0. The molecule has 88 valence electrons. The number of benzene rings is 2. The third-order valence-corrected chi connectivity index (χ3v) is 4.41. The Kier molecular flexibility index (Phi) is 2.27. The fourth-order valence-electron chi connectivity index (χ4n) is 3.22. The molecular weight excluding hydrogens is 208 g/mol. The Morgan fingerprint density at radius 1 is 1.06 bits per heavy atom. The second-order valence-electron chi connectivity index (χ2n) is 5.66. The van der Waals surface area contributed by atoms with E-state index in [0.717, 1.165) is 0 Å². The zero-order valence-electron chi connectivity index (χ0n) is 10.4. The molecular formula is C16H18O. The minimum atomic E-state index is 0.235. The van der Waals surface area contributed by atoms with Crippen LogP contribution in [0.3, 0.4) is 0 Å². The van der Waals surface area contributed by atoms with Gasteiger partial charge in [0.25, 0.3) is 0 Å². The predicted molar refractivity (Wildman–Crippen MR) is 71.0 cm³/mol. The van der Waals surface area contributed by atoms with Crippen molar-refractivity contribution in [2.24, 2.45) is 11.3 Å². The van der Waals surface area contributed by atoms with Crippen LogP contribution in [0.25, 0.3) is 10.8 Å². The maximum atomic E-state index is 9.45. The van der Waals surface area contributed by atoms with E-state index in [0.29, 0.717) is 18.4 Å². The van der Waals surface area contributed by atoms with Gasteiger partial charge in [0.05, 0.1) is 0 Å². The molecule has 1 saturated carbocycles. The molecule has 2 aromatic carbocycles. The van der Waals surface area contributed by atoms with E-state index in [2.05, 4.69) is 56.3 Å². The number of aliphatic hydroxyl groups excluding tert-OH is 1. The summed E-state index contributed by atoms with van der Waals surface area (Å²) in [4.78, 5) is 0. The third-order valence-electron chi connectivity index (χ3n) is 4.41. The number of hydrogen-bond donors (Lipinski definition) is 1. The Balaban J connectivity index is 2.14. The lowest BCUT2D eigenvalue weighted by Crippen LogP contribution is -1.93. The summed E-state index contributed by atoms with van der Waals surface area (Å²) in [6, 6.07) is 15.0. The smallest absolute Gasteiger partial charge is 0.0470 e. The molecule has 1 aliphatic rings. The molecule has 0 aromatic heterocycles. The van der Waals surface area contributed by atoms with Gasteiger partial charge in [-0.05, 0) is 33.6 Å². The van der Waals surface area contributed by atoms with Gasteiger partial charge in [-0.25, -0.2) is 0 Å². The lowest BCUT2D eigenvalue weighted by molar-refractivity contribution is 0.257. The number of rotatable bonds is 2. The standard InChI is InChI=1S/C16H18O/c1-16(2)14(10-17)15(16)13-9-5-7-11-6-3-4-8-12(11)13/h3-9,14-15,17H,10H2,1-2H3. The first-order valence-electron chi connectivity index (χ1n) is 6.25. The largest absolute Gasteiger partial charge is 0.396 e. The van der Waals surface area contributed by atoms with Crippen LogP contribution in [0.5, 0.6) is 0 Å². The molecule has 2 unspecified atom stereocenters. The van der Waals surface area contributed by atoms with Crippen LogP contribution in [0.15, 0.2) is 42.5 Å². The molecule has 0 radical (unpaired) electrons. The van der Waals surface area contributed by atoms with E-state index in [9.17, 15) is 5.11 Å². The van der Waals surface area contributed by atoms with Crippen LogP contribution in [0.1, 0.15) is 25.3 Å². The normalized spacial score (nSPS) is 26.1. The van der Waals surface area contributed by atoms with Crippen molar-refractivity contribution >= 4 is 10.8 Å². The highest BCUT2D eigenvalue weighted by Crippen LogP contribution is 2.64. The molecule has 17 heavy (non-hydrogen) atoms. The van der Waals surface area contributed by atoms with Crippen LogP contribution in [0.4, 0.5) is 0 Å². The fraction of sp³-hybridized carbons (Fsp3) is 0.375. The minimum absolute atomic E-state index is 0.235. The van der Waals surface area contributed by atoms with E-state index in [1.54, 1.807) is 0 Å². The number of fused-ring (bicyclic) bond motifs is 1. The van der Waals surface area contributed by atoms with Crippen LogP contribution in [-0.4, -0.2) is 11.7 Å². The monoisotopic (exact) mass is 226 g/mol. The molecule has 1 heteroatoms. The van der Waals surface area contributed by atoms with E-state index in [1.165, 1.54) is 16.3 Å². The van der Waals surface area contributed by atoms with Crippen molar-refractivity contribution in [3.63, 3.8) is 0 Å². The van der Waals surface area contributed by atoms with Gasteiger partial charge in [0.15, 0.2) is 0 Å². The van der Waals surface area contributed by atoms with Gasteiger partial charge in [-0.2, -0.15) is 0 Å². The average Bonchev–Trinajstić information content (AvgIpc) is 2.90. The van der Waals surface area contributed by atoms with Crippen LogP contribution in [0, 0.1) is 11.3 Å². The van der Waals surface area contributed by atoms with E-state index in [-0.39, 0.29) is 5.41 Å². The maximum absolute atomic E-state index is 9.45.